The number of unbranched alkanes of at least 4 members (excludes halogenated alkanes) is 4. The number of anilines is 1. The molecule has 0 aliphatic carbocycles. The van der Waals surface area contributed by atoms with E-state index in [2.05, 4.69) is 67.6 Å². The highest BCUT2D eigenvalue weighted by Crippen LogP contribution is 2.46. The van der Waals surface area contributed by atoms with Gasteiger partial charge in [0, 0.05) is 36.3 Å². The Bertz CT molecular complexity index is 672. The number of rotatable bonds is 7. The highest BCUT2D eigenvalue weighted by atomic mass is 32.2. The molecule has 3 rings (SSSR count). The number of fused-ring (bicyclic) bond motifs is 1. The van der Waals surface area contributed by atoms with Gasteiger partial charge >= 0.3 is 0 Å². The first-order valence-corrected chi connectivity index (χ1v) is 10.8. The van der Waals surface area contributed by atoms with Crippen LogP contribution < -0.4 is 4.90 Å². The maximum absolute atomic E-state index is 2.61. The Labute approximate surface area is 158 Å². The molecule has 25 heavy (non-hydrogen) atoms. The van der Waals surface area contributed by atoms with Gasteiger partial charge in [-0.3, -0.25) is 0 Å². The molecule has 136 valence electrons. The minimum Gasteiger partial charge on any atom is -0.347 e. The molecule has 0 saturated heterocycles. The zero-order valence-corrected chi connectivity index (χ0v) is 17.2. The summed E-state index contributed by atoms with van der Waals surface area (Å²) >= 11 is 2.03. The molecule has 2 aliphatic heterocycles. The number of allylic oxidation sites excluding steroid dienone is 1. The molecule has 0 saturated carbocycles. The Morgan fingerprint density at radius 2 is 1.92 bits per heavy atom. The maximum atomic E-state index is 2.61. The van der Waals surface area contributed by atoms with Crippen LogP contribution in [0.1, 0.15) is 58.4 Å². The number of benzene rings is 1. The zero-order valence-electron chi connectivity index (χ0n) is 16.3. The molecule has 2 aliphatic rings. The van der Waals surface area contributed by atoms with Crippen molar-refractivity contribution in [3.05, 3.63) is 41.6 Å². The second-order valence-electron chi connectivity index (χ2n) is 7.82. The number of nitrogens with zero attached hydrogens (tertiary/aromatic N) is 2. The van der Waals surface area contributed by atoms with Gasteiger partial charge in [-0.2, -0.15) is 0 Å². The Morgan fingerprint density at radius 1 is 1.16 bits per heavy atom. The monoisotopic (exact) mass is 357 g/mol. The van der Waals surface area contributed by atoms with Gasteiger partial charge in [0.2, 0.25) is 5.04 Å². The second-order valence-corrected chi connectivity index (χ2v) is 8.93. The summed E-state index contributed by atoms with van der Waals surface area (Å²) in [7, 11) is 2.22. The molecule has 3 heteroatoms. The lowest BCUT2D eigenvalue weighted by Crippen LogP contribution is -2.25. The van der Waals surface area contributed by atoms with Crippen molar-refractivity contribution in [2.75, 3.05) is 30.8 Å². The predicted molar refractivity (Wildman–Crippen MR) is 112 cm³/mol. The largest absolute Gasteiger partial charge is 0.347 e. The lowest BCUT2D eigenvalue weighted by atomic mass is 9.84. The van der Waals surface area contributed by atoms with Crippen molar-refractivity contribution in [1.29, 1.82) is 0 Å². The predicted octanol–water partition coefficient (Wildman–Crippen LogP) is 5.43. The van der Waals surface area contributed by atoms with Crippen LogP contribution in [0, 0.1) is 0 Å². The van der Waals surface area contributed by atoms with Crippen LogP contribution in [-0.2, 0) is 5.41 Å². The number of hydrogen-bond acceptors (Lipinski definition) is 2. The van der Waals surface area contributed by atoms with Gasteiger partial charge in [-0.1, -0.05) is 70.0 Å². The van der Waals surface area contributed by atoms with E-state index >= 15 is 0 Å². The average molecular weight is 358 g/mol. The van der Waals surface area contributed by atoms with E-state index in [-0.39, 0.29) is 5.41 Å². The third-order valence-electron chi connectivity index (χ3n) is 5.66. The average Bonchev–Trinajstić information content (AvgIpc) is 3.12. The lowest BCUT2D eigenvalue weighted by Gasteiger charge is -2.23. The smallest absolute Gasteiger partial charge is 0.236 e. The first kappa shape index (κ1) is 18.6. The van der Waals surface area contributed by atoms with Crippen molar-refractivity contribution in [3.63, 3.8) is 0 Å². The minimum atomic E-state index is 0.0777. The van der Waals surface area contributed by atoms with Gasteiger partial charge in [0.15, 0.2) is 6.54 Å². The first-order valence-electron chi connectivity index (χ1n) is 9.86. The molecular formula is C22H33N2S+. The summed E-state index contributed by atoms with van der Waals surface area (Å²) in [6.45, 7) is 9.42. The van der Waals surface area contributed by atoms with Crippen LogP contribution in [0.25, 0.3) is 0 Å². The lowest BCUT2D eigenvalue weighted by molar-refractivity contribution is -0.517. The van der Waals surface area contributed by atoms with Crippen molar-refractivity contribution in [3.8, 4) is 0 Å². The van der Waals surface area contributed by atoms with E-state index in [0.29, 0.717) is 0 Å². The van der Waals surface area contributed by atoms with Gasteiger partial charge in [0.05, 0.1) is 5.75 Å². The highest BCUT2D eigenvalue weighted by molar-refractivity contribution is 8.14. The summed E-state index contributed by atoms with van der Waals surface area (Å²) in [5.41, 5.74) is 4.30. The molecule has 1 aromatic rings. The van der Waals surface area contributed by atoms with Gasteiger partial charge in [0.25, 0.3) is 0 Å². The van der Waals surface area contributed by atoms with Crippen LogP contribution in [0.3, 0.4) is 0 Å². The van der Waals surface area contributed by atoms with Crippen molar-refractivity contribution in [2.45, 2.75) is 58.3 Å². The van der Waals surface area contributed by atoms with Crippen molar-refractivity contribution in [1.82, 2.24) is 0 Å². The fourth-order valence-electron chi connectivity index (χ4n) is 4.10. The van der Waals surface area contributed by atoms with Gasteiger partial charge in [-0.25, -0.2) is 4.58 Å². The molecule has 0 spiro atoms. The highest BCUT2D eigenvalue weighted by Gasteiger charge is 2.39. The topological polar surface area (TPSA) is 6.25 Å². The van der Waals surface area contributed by atoms with Crippen LogP contribution in [0.15, 0.2) is 36.0 Å². The summed E-state index contributed by atoms with van der Waals surface area (Å²) < 4.78 is 2.61. The van der Waals surface area contributed by atoms with Crippen LogP contribution in [0.4, 0.5) is 5.69 Å². The quantitative estimate of drug-likeness (QED) is 0.474. The van der Waals surface area contributed by atoms with Crippen LogP contribution in [0.2, 0.25) is 0 Å². The van der Waals surface area contributed by atoms with E-state index in [1.165, 1.54) is 72.9 Å². The van der Waals surface area contributed by atoms with Crippen molar-refractivity contribution in [2.24, 2.45) is 0 Å². The van der Waals surface area contributed by atoms with Crippen LogP contribution in [0.5, 0.6) is 0 Å². The summed E-state index contributed by atoms with van der Waals surface area (Å²) in [6, 6.07) is 8.84. The molecule has 0 aromatic heterocycles. The number of thioether (sulfide) groups is 1. The number of likely N-dealkylation sites (N-methyl/N-ethyl adjacent to an activating group) is 1. The summed E-state index contributed by atoms with van der Waals surface area (Å²) in [5.74, 6) is 1.23. The summed E-state index contributed by atoms with van der Waals surface area (Å²) in [6.07, 6.45) is 9.25. The second kappa shape index (κ2) is 7.99. The molecule has 0 N–H and O–H groups in total. The fourth-order valence-corrected chi connectivity index (χ4v) is 5.18. The molecule has 0 radical (unpaired) electrons. The minimum absolute atomic E-state index is 0.0777. The van der Waals surface area contributed by atoms with E-state index in [1.54, 1.807) is 0 Å². The molecule has 0 unspecified atom stereocenters. The van der Waals surface area contributed by atoms with E-state index < -0.39 is 0 Å². The molecular weight excluding hydrogens is 324 g/mol. The van der Waals surface area contributed by atoms with Gasteiger partial charge < -0.3 is 4.90 Å². The molecule has 1 aromatic carbocycles. The number of hydrogen-bond donors (Lipinski definition) is 0. The summed E-state index contributed by atoms with van der Waals surface area (Å²) in [4.78, 5) is 2.39. The maximum Gasteiger partial charge on any atom is 0.236 e. The normalized spacial score (nSPS) is 20.6. The molecule has 0 bridgehead atoms. The summed E-state index contributed by atoms with van der Waals surface area (Å²) in [5, 5.41) is 1.47. The Morgan fingerprint density at radius 3 is 2.68 bits per heavy atom. The van der Waals surface area contributed by atoms with Gasteiger partial charge in [0.1, 0.15) is 6.54 Å². The molecule has 0 fully saturated rings. The number of para-hydroxylation sites is 1. The molecule has 0 atom stereocenters. The molecule has 2 nitrogen and oxygen atoms in total. The Kier molecular flexibility index (Phi) is 5.93. The van der Waals surface area contributed by atoms with Gasteiger partial charge in [-0.05, 0) is 18.1 Å². The zero-order chi connectivity index (χ0) is 17.9. The van der Waals surface area contributed by atoms with Crippen molar-refractivity contribution >= 4 is 22.5 Å². The van der Waals surface area contributed by atoms with Gasteiger partial charge in [-0.15, -0.1) is 0 Å². The van der Waals surface area contributed by atoms with Crippen LogP contribution in [-0.4, -0.2) is 35.5 Å². The first-order chi connectivity index (χ1) is 12.1. The van der Waals surface area contributed by atoms with E-state index in [1.807, 2.05) is 11.8 Å². The SMILES string of the molecule is CCCCCCC[N+]1=C(C=C2N(C)c3ccccc3C2(C)C)SCC1. The molecule has 2 heterocycles. The standard InChI is InChI=1S/C22H33N2S/c1-5-6-7-8-11-14-24-15-16-25-21(24)17-20-22(2,3)18-12-9-10-13-19(18)23(20)4/h9-10,12-13,17H,5-8,11,14-16H2,1-4H3/q+1. The fraction of sp³-hybridized carbons (Fsp3) is 0.591. The van der Waals surface area contributed by atoms with E-state index in [4.69, 9.17) is 0 Å². The third kappa shape index (κ3) is 3.81. The van der Waals surface area contributed by atoms with Crippen molar-refractivity contribution < 1.29 is 4.58 Å². The Hall–Kier alpha value is -1.22. The Balaban J connectivity index is 1.78. The molecule has 0 amide bonds. The third-order valence-corrected chi connectivity index (χ3v) is 6.71. The van der Waals surface area contributed by atoms with Crippen LogP contribution >= 0.6 is 11.8 Å². The van der Waals surface area contributed by atoms with E-state index in [9.17, 15) is 0 Å². The van der Waals surface area contributed by atoms with E-state index in [0.717, 1.165) is 0 Å².